The Morgan fingerprint density at radius 2 is 2.06 bits per heavy atom. The first-order valence-corrected chi connectivity index (χ1v) is 5.30. The molecule has 1 N–H and O–H groups in total. The van der Waals surface area contributed by atoms with Gasteiger partial charge in [0.05, 0.1) is 11.7 Å². The lowest BCUT2D eigenvalue weighted by atomic mass is 10.0. The van der Waals surface area contributed by atoms with Crippen molar-refractivity contribution in [2.75, 3.05) is 0 Å². The van der Waals surface area contributed by atoms with Gasteiger partial charge in [-0.25, -0.2) is 4.39 Å². The van der Waals surface area contributed by atoms with Crippen molar-refractivity contribution in [2.24, 2.45) is 0 Å². The van der Waals surface area contributed by atoms with E-state index in [1.54, 1.807) is 25.4 Å². The van der Waals surface area contributed by atoms with Gasteiger partial charge in [0.25, 0.3) is 0 Å². The molecule has 3 rings (SSSR count). The molecule has 0 atom stereocenters. The predicted octanol–water partition coefficient (Wildman–Crippen LogP) is 3.32. The molecular formula is C13H12FN3. The molecule has 3 nitrogen and oxygen atoms in total. The summed E-state index contributed by atoms with van der Waals surface area (Å²) in [4.78, 5) is 4.28. The van der Waals surface area contributed by atoms with Crippen molar-refractivity contribution < 1.29 is 5.82 Å². The molecule has 0 saturated heterocycles. The largest absolute Gasteiger partial charge is 0.276 e. The van der Waals surface area contributed by atoms with E-state index in [9.17, 15) is 4.39 Å². The van der Waals surface area contributed by atoms with Crippen LogP contribution in [-0.4, -0.2) is 15.2 Å². The molecular weight excluding hydrogens is 217 g/mol. The Morgan fingerprint density at radius 3 is 2.88 bits per heavy atom. The molecule has 0 radical (unpaired) electrons. The monoisotopic (exact) mass is 229 g/mol. The first-order valence-electron chi connectivity index (χ1n) is 5.30. The minimum Gasteiger partial charge on any atom is -0.276 e. The smallest absolute Gasteiger partial charge is 0.126 e. The third kappa shape index (κ3) is 1.67. The third-order valence-electron chi connectivity index (χ3n) is 2.78. The summed E-state index contributed by atoms with van der Waals surface area (Å²) >= 11 is 0. The summed E-state index contributed by atoms with van der Waals surface area (Å²) in [5, 5.41) is 6.79. The minimum absolute atomic E-state index is 0. The quantitative estimate of drug-likeness (QED) is 0.695. The van der Waals surface area contributed by atoms with Crippen molar-refractivity contribution in [1.82, 2.24) is 15.2 Å². The summed E-state index contributed by atoms with van der Waals surface area (Å²) in [6.45, 7) is 1.75. The second-order valence-corrected chi connectivity index (χ2v) is 3.99. The molecule has 1 aromatic carbocycles. The summed E-state index contributed by atoms with van der Waals surface area (Å²) in [5.41, 5.74) is 4.24. The number of fused-ring (bicyclic) bond motifs is 1. The summed E-state index contributed by atoms with van der Waals surface area (Å²) in [6, 6.07) is 7.00. The van der Waals surface area contributed by atoms with E-state index in [1.165, 1.54) is 6.07 Å². The number of H-pyrrole nitrogens is 1. The molecule has 2 heterocycles. The van der Waals surface area contributed by atoms with Gasteiger partial charge >= 0.3 is 0 Å². The van der Waals surface area contributed by atoms with Crippen LogP contribution in [0.3, 0.4) is 0 Å². The fourth-order valence-corrected chi connectivity index (χ4v) is 1.81. The van der Waals surface area contributed by atoms with E-state index in [0.29, 0.717) is 5.56 Å². The molecule has 0 aliphatic heterocycles. The van der Waals surface area contributed by atoms with Crippen LogP contribution in [0.25, 0.3) is 22.2 Å². The Bertz CT molecular complexity index is 694. The Labute approximate surface area is 98.8 Å². The molecule has 0 aliphatic carbocycles. The second kappa shape index (κ2) is 3.66. The topological polar surface area (TPSA) is 41.6 Å². The Kier molecular flexibility index (Phi) is 2.14. The zero-order valence-electron chi connectivity index (χ0n) is 9.24. The number of benzene rings is 1. The van der Waals surface area contributed by atoms with Gasteiger partial charge in [-0.1, -0.05) is 6.07 Å². The summed E-state index contributed by atoms with van der Waals surface area (Å²) < 4.78 is 13.2. The number of pyridine rings is 1. The molecule has 0 aliphatic rings. The zero-order valence-corrected chi connectivity index (χ0v) is 9.24. The number of hydrogen-bond acceptors (Lipinski definition) is 2. The van der Waals surface area contributed by atoms with Gasteiger partial charge in [-0.15, -0.1) is 0 Å². The van der Waals surface area contributed by atoms with Crippen LogP contribution in [-0.2, 0) is 0 Å². The van der Waals surface area contributed by atoms with Crippen LogP contribution in [0.1, 0.15) is 6.99 Å². The number of aryl methyl sites for hydroxylation is 1. The highest BCUT2D eigenvalue weighted by Gasteiger charge is 2.04. The molecule has 0 unspecified atom stereocenters. The van der Waals surface area contributed by atoms with Gasteiger partial charge in [0.1, 0.15) is 11.3 Å². The number of nitrogens with zero attached hydrogens (tertiary/aromatic N) is 2. The molecule has 86 valence electrons. The lowest BCUT2D eigenvalue weighted by molar-refractivity contribution is 0.619. The molecule has 4 heteroatoms. The number of rotatable bonds is 1. The van der Waals surface area contributed by atoms with E-state index in [2.05, 4.69) is 15.2 Å². The Balaban J connectivity index is 0.00000120. The van der Waals surface area contributed by atoms with Crippen molar-refractivity contribution in [1.29, 1.82) is 0 Å². The van der Waals surface area contributed by atoms with Crippen LogP contribution in [0.2, 0.25) is 0 Å². The van der Waals surface area contributed by atoms with Crippen LogP contribution in [0.15, 0.2) is 36.7 Å². The van der Waals surface area contributed by atoms with Crippen molar-refractivity contribution >= 4 is 11.0 Å². The average Bonchev–Trinajstić information content (AvgIpc) is 2.79. The normalized spacial score (nSPS) is 10.9. The standard InChI is InChI=1S/C13H10FN3.H2/c1-8-4-9(2-3-11(8)14)10-5-12-13(15-6-10)7-16-17-12;/h2-7H,1H3,(H,16,17);1H. The van der Waals surface area contributed by atoms with Crippen LogP contribution >= 0.6 is 0 Å². The van der Waals surface area contributed by atoms with Crippen LogP contribution < -0.4 is 0 Å². The van der Waals surface area contributed by atoms with Gasteiger partial charge in [-0.3, -0.25) is 10.1 Å². The van der Waals surface area contributed by atoms with E-state index < -0.39 is 0 Å². The van der Waals surface area contributed by atoms with E-state index >= 15 is 0 Å². The fourth-order valence-electron chi connectivity index (χ4n) is 1.81. The first kappa shape index (κ1) is 9.96. The molecule has 17 heavy (non-hydrogen) atoms. The molecule has 2 aromatic heterocycles. The number of nitrogens with one attached hydrogen (secondary N) is 1. The highest BCUT2D eigenvalue weighted by Crippen LogP contribution is 2.23. The minimum atomic E-state index is -0.190. The molecule has 0 amide bonds. The van der Waals surface area contributed by atoms with Gasteiger partial charge in [0, 0.05) is 13.2 Å². The van der Waals surface area contributed by atoms with Gasteiger partial charge in [-0.05, 0) is 36.2 Å². The number of halogens is 1. The second-order valence-electron chi connectivity index (χ2n) is 3.99. The lowest BCUT2D eigenvalue weighted by Gasteiger charge is -2.03. The van der Waals surface area contributed by atoms with Crippen molar-refractivity contribution in [3.63, 3.8) is 0 Å². The van der Waals surface area contributed by atoms with Crippen molar-refractivity contribution in [3.8, 4) is 11.1 Å². The van der Waals surface area contributed by atoms with Crippen LogP contribution in [0.5, 0.6) is 0 Å². The average molecular weight is 229 g/mol. The molecule has 0 bridgehead atoms. The van der Waals surface area contributed by atoms with E-state index in [4.69, 9.17) is 0 Å². The Morgan fingerprint density at radius 1 is 1.18 bits per heavy atom. The fraction of sp³-hybridized carbons (Fsp3) is 0.0769. The third-order valence-corrected chi connectivity index (χ3v) is 2.78. The maximum Gasteiger partial charge on any atom is 0.126 e. The number of hydrogen-bond donors (Lipinski definition) is 1. The highest BCUT2D eigenvalue weighted by atomic mass is 19.1. The molecule has 0 spiro atoms. The van der Waals surface area contributed by atoms with Gasteiger partial charge in [0.15, 0.2) is 0 Å². The summed E-state index contributed by atoms with van der Waals surface area (Å²) in [5.74, 6) is -0.190. The van der Waals surface area contributed by atoms with Gasteiger partial charge in [-0.2, -0.15) is 5.10 Å². The van der Waals surface area contributed by atoms with E-state index in [0.717, 1.165) is 22.2 Å². The van der Waals surface area contributed by atoms with Crippen molar-refractivity contribution in [3.05, 3.63) is 48.0 Å². The van der Waals surface area contributed by atoms with Crippen LogP contribution in [0, 0.1) is 12.7 Å². The predicted molar refractivity (Wildman–Crippen MR) is 66.1 cm³/mol. The molecule has 0 saturated carbocycles. The maximum absolute atomic E-state index is 13.2. The van der Waals surface area contributed by atoms with Gasteiger partial charge < -0.3 is 0 Å². The van der Waals surface area contributed by atoms with Gasteiger partial charge in [0.2, 0.25) is 0 Å². The maximum atomic E-state index is 13.2. The number of aromatic amines is 1. The van der Waals surface area contributed by atoms with E-state index in [1.807, 2.05) is 12.1 Å². The van der Waals surface area contributed by atoms with Crippen molar-refractivity contribution in [2.45, 2.75) is 6.92 Å². The molecule has 3 aromatic rings. The highest BCUT2D eigenvalue weighted by molar-refractivity contribution is 5.79. The summed E-state index contributed by atoms with van der Waals surface area (Å²) in [7, 11) is 0. The number of aromatic nitrogens is 3. The lowest BCUT2D eigenvalue weighted by Crippen LogP contribution is -1.85. The first-order chi connectivity index (χ1) is 8.24. The zero-order chi connectivity index (χ0) is 11.8. The molecule has 0 fully saturated rings. The SMILES string of the molecule is Cc1cc(-c2cnc3cn[nH]c3c2)ccc1F.[HH]. The summed E-state index contributed by atoms with van der Waals surface area (Å²) in [6.07, 6.45) is 3.44. The Hall–Kier alpha value is -2.23. The van der Waals surface area contributed by atoms with Crippen LogP contribution in [0.4, 0.5) is 4.39 Å². The van der Waals surface area contributed by atoms with E-state index in [-0.39, 0.29) is 7.24 Å².